The van der Waals surface area contributed by atoms with E-state index in [1.165, 1.54) is 0 Å². The van der Waals surface area contributed by atoms with Crippen molar-refractivity contribution < 1.29 is 4.79 Å². The van der Waals surface area contributed by atoms with Crippen molar-refractivity contribution in [2.24, 2.45) is 0 Å². The molecule has 1 aliphatic heterocycles. The van der Waals surface area contributed by atoms with Crippen molar-refractivity contribution in [3.8, 4) is 5.69 Å². The number of nitrogens with zero attached hydrogens (tertiary/aromatic N) is 6. The van der Waals surface area contributed by atoms with Crippen molar-refractivity contribution in [2.75, 3.05) is 31.1 Å². The van der Waals surface area contributed by atoms with Crippen LogP contribution in [0.15, 0.2) is 97.2 Å². The zero-order chi connectivity index (χ0) is 27.3. The molecule has 0 N–H and O–H groups in total. The summed E-state index contributed by atoms with van der Waals surface area (Å²) in [6.07, 6.45) is 4.18. The third kappa shape index (κ3) is 5.32. The lowest BCUT2D eigenvalue weighted by Crippen LogP contribution is -2.38. The van der Waals surface area contributed by atoms with Crippen LogP contribution in [0.2, 0.25) is 0 Å². The maximum atomic E-state index is 13.6. The molecule has 3 aromatic carbocycles. The first kappa shape index (κ1) is 25.7. The summed E-state index contributed by atoms with van der Waals surface area (Å²) in [5, 5.41) is 5.65. The predicted molar refractivity (Wildman–Crippen MR) is 159 cm³/mol. The molecule has 7 heteroatoms. The van der Waals surface area contributed by atoms with E-state index >= 15 is 0 Å². The largest absolute Gasteiger partial charge is 0.354 e. The Morgan fingerprint density at radius 3 is 2.25 bits per heavy atom. The number of aromatic nitrogens is 4. The molecule has 5 aromatic rings. The van der Waals surface area contributed by atoms with E-state index in [9.17, 15) is 4.79 Å². The van der Waals surface area contributed by atoms with Gasteiger partial charge in [0.05, 0.1) is 23.2 Å². The van der Waals surface area contributed by atoms with Crippen molar-refractivity contribution in [2.45, 2.75) is 32.1 Å². The second-order valence-corrected chi connectivity index (χ2v) is 10.3. The molecule has 1 fully saturated rings. The highest BCUT2D eigenvalue weighted by atomic mass is 16.2. The lowest BCUT2D eigenvalue weighted by Gasteiger charge is -2.26. The van der Waals surface area contributed by atoms with Gasteiger partial charge in [0.1, 0.15) is 11.6 Å². The fraction of sp³-hybridized carbons (Fsp3) is 0.273. The molecule has 6 rings (SSSR count). The summed E-state index contributed by atoms with van der Waals surface area (Å²) in [4.78, 5) is 28.1. The van der Waals surface area contributed by atoms with Gasteiger partial charge in [0.2, 0.25) is 5.91 Å². The Morgan fingerprint density at radius 2 is 1.52 bits per heavy atom. The molecule has 0 spiro atoms. The Bertz CT molecular complexity index is 1570. The number of anilines is 1. The zero-order valence-electron chi connectivity index (χ0n) is 22.9. The molecule has 3 heterocycles. The van der Waals surface area contributed by atoms with E-state index in [-0.39, 0.29) is 11.8 Å². The number of para-hydroxylation sites is 1. The molecule has 1 saturated heterocycles. The van der Waals surface area contributed by atoms with Crippen molar-refractivity contribution in [3.63, 3.8) is 0 Å². The van der Waals surface area contributed by atoms with Crippen LogP contribution in [0.25, 0.3) is 16.7 Å². The van der Waals surface area contributed by atoms with E-state index in [4.69, 9.17) is 15.1 Å². The highest BCUT2D eigenvalue weighted by Gasteiger charge is 2.28. The predicted octanol–water partition coefficient (Wildman–Crippen LogP) is 5.64. The molecular weight excluding hydrogens is 496 g/mol. The van der Waals surface area contributed by atoms with E-state index in [1.54, 1.807) is 0 Å². The first-order valence-corrected chi connectivity index (χ1v) is 14.1. The monoisotopic (exact) mass is 530 g/mol. The summed E-state index contributed by atoms with van der Waals surface area (Å²) in [6.45, 7) is 5.03. The van der Waals surface area contributed by atoms with Crippen LogP contribution < -0.4 is 4.90 Å². The Kier molecular flexibility index (Phi) is 7.53. The van der Waals surface area contributed by atoms with Crippen LogP contribution in [0.1, 0.15) is 42.6 Å². The van der Waals surface area contributed by atoms with Gasteiger partial charge in [-0.05, 0) is 36.1 Å². The summed E-state index contributed by atoms with van der Waals surface area (Å²) in [7, 11) is 0. The molecule has 0 radical (unpaired) electrons. The van der Waals surface area contributed by atoms with E-state index in [2.05, 4.69) is 36.1 Å². The first-order chi connectivity index (χ1) is 19.7. The van der Waals surface area contributed by atoms with Gasteiger partial charge in [-0.15, -0.1) is 0 Å². The number of benzene rings is 3. The molecule has 2 aromatic heterocycles. The van der Waals surface area contributed by atoms with E-state index in [1.807, 2.05) is 82.5 Å². The smallest absolute Gasteiger partial charge is 0.230 e. The summed E-state index contributed by atoms with van der Waals surface area (Å²) in [6, 6.07) is 30.6. The normalized spacial score (nSPS) is 14.7. The highest BCUT2D eigenvalue weighted by molar-refractivity contribution is 5.88. The highest BCUT2D eigenvalue weighted by Crippen LogP contribution is 2.28. The second kappa shape index (κ2) is 11.7. The third-order valence-corrected chi connectivity index (χ3v) is 7.68. The molecule has 40 heavy (non-hydrogen) atoms. The Morgan fingerprint density at radius 1 is 0.825 bits per heavy atom. The number of rotatable bonds is 7. The molecular formula is C33H34N6O. The van der Waals surface area contributed by atoms with Gasteiger partial charge in [0.15, 0.2) is 5.65 Å². The summed E-state index contributed by atoms with van der Waals surface area (Å²) >= 11 is 0. The molecule has 1 atom stereocenters. The minimum absolute atomic E-state index is 0.111. The Hall–Kier alpha value is -4.52. The number of fused-ring (bicyclic) bond motifs is 1. The number of amides is 1. The van der Waals surface area contributed by atoms with Gasteiger partial charge in [0, 0.05) is 32.6 Å². The van der Waals surface area contributed by atoms with Gasteiger partial charge in [-0.1, -0.05) is 85.8 Å². The quantitative estimate of drug-likeness (QED) is 0.273. The van der Waals surface area contributed by atoms with Gasteiger partial charge in [-0.2, -0.15) is 5.10 Å². The standard InChI is InChI=1S/C33H34N6O/c1-2-28(26-15-8-4-9-16-26)33(40)38-20-12-19-37(21-22-38)31-29-24-34-39(27-17-10-5-11-18-27)32(29)36-30(35-31)23-25-13-6-3-7-14-25/h3-11,13-18,24,28H,2,12,19-23H2,1H3/t28-/m0/s1. The number of hydrogen-bond donors (Lipinski definition) is 0. The molecule has 0 aliphatic carbocycles. The Labute approximate surface area is 235 Å². The van der Waals surface area contributed by atoms with Crippen LogP contribution in [0, 0.1) is 0 Å². The number of carbonyl (C=O) groups excluding carboxylic acids is 1. The molecule has 0 unspecified atom stereocenters. The maximum absolute atomic E-state index is 13.6. The van der Waals surface area contributed by atoms with Crippen molar-refractivity contribution in [1.82, 2.24) is 24.6 Å². The van der Waals surface area contributed by atoms with Crippen LogP contribution in [0.4, 0.5) is 5.82 Å². The van der Waals surface area contributed by atoms with Gasteiger partial charge >= 0.3 is 0 Å². The lowest BCUT2D eigenvalue weighted by atomic mass is 9.95. The van der Waals surface area contributed by atoms with Crippen LogP contribution >= 0.6 is 0 Å². The Balaban J connectivity index is 1.31. The van der Waals surface area contributed by atoms with E-state index < -0.39 is 0 Å². The first-order valence-electron chi connectivity index (χ1n) is 14.1. The molecule has 0 bridgehead atoms. The van der Waals surface area contributed by atoms with Crippen molar-refractivity contribution in [1.29, 1.82) is 0 Å². The molecule has 202 valence electrons. The molecule has 0 saturated carbocycles. The van der Waals surface area contributed by atoms with Crippen LogP contribution in [0.5, 0.6) is 0 Å². The van der Waals surface area contributed by atoms with Crippen LogP contribution in [-0.2, 0) is 11.2 Å². The van der Waals surface area contributed by atoms with Gasteiger partial charge in [-0.25, -0.2) is 14.6 Å². The number of hydrogen-bond acceptors (Lipinski definition) is 5. The summed E-state index contributed by atoms with van der Waals surface area (Å²) < 4.78 is 1.90. The molecule has 7 nitrogen and oxygen atoms in total. The van der Waals surface area contributed by atoms with Gasteiger partial charge < -0.3 is 9.80 Å². The van der Waals surface area contributed by atoms with Crippen LogP contribution in [-0.4, -0.2) is 56.7 Å². The van der Waals surface area contributed by atoms with Crippen LogP contribution in [0.3, 0.4) is 0 Å². The average Bonchev–Trinajstić information content (AvgIpc) is 3.27. The maximum Gasteiger partial charge on any atom is 0.230 e. The topological polar surface area (TPSA) is 67.2 Å². The summed E-state index contributed by atoms with van der Waals surface area (Å²) in [5.41, 5.74) is 4.02. The molecule has 1 aliphatic rings. The van der Waals surface area contributed by atoms with Crippen molar-refractivity contribution >= 4 is 22.8 Å². The second-order valence-electron chi connectivity index (χ2n) is 10.3. The van der Waals surface area contributed by atoms with Gasteiger partial charge in [0.25, 0.3) is 0 Å². The minimum Gasteiger partial charge on any atom is -0.354 e. The number of carbonyl (C=O) groups is 1. The summed E-state index contributed by atoms with van der Waals surface area (Å²) in [5.74, 6) is 1.76. The van der Waals surface area contributed by atoms with Crippen molar-refractivity contribution in [3.05, 3.63) is 114 Å². The fourth-order valence-corrected chi connectivity index (χ4v) is 5.60. The third-order valence-electron chi connectivity index (χ3n) is 7.68. The zero-order valence-corrected chi connectivity index (χ0v) is 22.9. The fourth-order valence-electron chi connectivity index (χ4n) is 5.60. The lowest BCUT2D eigenvalue weighted by molar-refractivity contribution is -0.132. The average molecular weight is 531 g/mol. The SMILES string of the molecule is CC[C@H](C(=O)N1CCCN(c2nc(Cc3ccccc3)nc3c2cnn3-c2ccccc2)CC1)c1ccccc1. The van der Waals surface area contributed by atoms with E-state index in [0.717, 1.165) is 65.4 Å². The van der Waals surface area contributed by atoms with E-state index in [0.29, 0.717) is 19.5 Å². The molecule has 1 amide bonds. The minimum atomic E-state index is -0.111. The van der Waals surface area contributed by atoms with Gasteiger partial charge in [-0.3, -0.25) is 4.79 Å².